The number of thiazole rings is 1. The molecule has 2 aliphatic rings. The van der Waals surface area contributed by atoms with Gasteiger partial charge in [0.25, 0.3) is 5.91 Å². The number of primary amides is 1. The van der Waals surface area contributed by atoms with E-state index in [1.54, 1.807) is 38.4 Å². The summed E-state index contributed by atoms with van der Waals surface area (Å²) in [4.78, 5) is 60.9. The van der Waals surface area contributed by atoms with Gasteiger partial charge in [-0.05, 0) is 44.0 Å². The van der Waals surface area contributed by atoms with Crippen LogP contribution in [0.4, 0.5) is 0 Å². The van der Waals surface area contributed by atoms with Crippen molar-refractivity contribution in [3.8, 4) is 0 Å². The van der Waals surface area contributed by atoms with Gasteiger partial charge in [-0.1, -0.05) is 23.7 Å². The highest BCUT2D eigenvalue weighted by Gasteiger charge is 2.38. The van der Waals surface area contributed by atoms with Crippen LogP contribution in [0.1, 0.15) is 51.1 Å². The van der Waals surface area contributed by atoms with Crippen LogP contribution in [0.3, 0.4) is 0 Å². The summed E-state index contributed by atoms with van der Waals surface area (Å²) >= 11 is 7.33. The molecule has 0 bridgehead atoms. The standard InChI is InChI=1S/C26H33ClN6O4S/c1-32(2)26(37)15-6-9-17(29-23(35)21(22(28)34)14-4-7-16(27)8-5-14)19(12-15)30-24(36)25-31-18-10-11-33(3)13-20(18)38-25/h4-5,7-8,15,17,19,21H,6,9-13H2,1-3H3,(H2,28,34)(H,29,35)(H,30,36)/t15-,17-,19+,21?/m0/s1. The van der Waals surface area contributed by atoms with Crippen molar-refractivity contribution in [2.24, 2.45) is 11.7 Å². The van der Waals surface area contributed by atoms with Crippen molar-refractivity contribution in [3.63, 3.8) is 0 Å². The molecule has 4 atom stereocenters. The number of nitrogens with zero attached hydrogens (tertiary/aromatic N) is 3. The van der Waals surface area contributed by atoms with Crippen molar-refractivity contribution < 1.29 is 19.2 Å². The third kappa shape index (κ3) is 6.33. The number of hydrogen-bond donors (Lipinski definition) is 3. The molecule has 1 aliphatic carbocycles. The molecule has 2 aromatic rings. The number of nitrogens with two attached hydrogens (primary N) is 1. The smallest absolute Gasteiger partial charge is 0.280 e. The Morgan fingerprint density at radius 2 is 1.84 bits per heavy atom. The van der Waals surface area contributed by atoms with E-state index in [1.165, 1.54) is 16.2 Å². The highest BCUT2D eigenvalue weighted by Crippen LogP contribution is 2.29. The van der Waals surface area contributed by atoms with Crippen LogP contribution in [0.15, 0.2) is 24.3 Å². The van der Waals surface area contributed by atoms with Crippen molar-refractivity contribution >= 4 is 46.6 Å². The molecule has 38 heavy (non-hydrogen) atoms. The van der Waals surface area contributed by atoms with Gasteiger partial charge >= 0.3 is 0 Å². The number of amides is 4. The summed E-state index contributed by atoms with van der Waals surface area (Å²) in [5, 5.41) is 6.79. The van der Waals surface area contributed by atoms with Crippen molar-refractivity contribution in [1.82, 2.24) is 25.4 Å². The molecule has 1 aromatic carbocycles. The Balaban J connectivity index is 1.53. The Kier molecular flexibility index (Phi) is 8.69. The van der Waals surface area contributed by atoms with Crippen LogP contribution in [0.2, 0.25) is 5.02 Å². The van der Waals surface area contributed by atoms with E-state index in [-0.39, 0.29) is 17.7 Å². The molecule has 1 unspecified atom stereocenters. The first kappa shape index (κ1) is 28.0. The van der Waals surface area contributed by atoms with E-state index in [0.717, 1.165) is 30.1 Å². The molecule has 2 heterocycles. The first-order valence-corrected chi connectivity index (χ1v) is 13.8. The molecule has 1 aliphatic heterocycles. The molecule has 12 heteroatoms. The largest absolute Gasteiger partial charge is 0.369 e. The number of rotatable bonds is 7. The van der Waals surface area contributed by atoms with E-state index in [0.29, 0.717) is 34.9 Å². The highest BCUT2D eigenvalue weighted by molar-refractivity contribution is 7.13. The zero-order chi connectivity index (χ0) is 27.6. The lowest BCUT2D eigenvalue weighted by molar-refractivity contribution is -0.134. The van der Waals surface area contributed by atoms with Crippen LogP contribution in [-0.2, 0) is 27.3 Å². The fourth-order valence-corrected chi connectivity index (χ4v) is 6.33. The van der Waals surface area contributed by atoms with Crippen molar-refractivity contribution in [3.05, 3.63) is 50.4 Å². The Morgan fingerprint density at radius 1 is 1.13 bits per heavy atom. The summed E-state index contributed by atoms with van der Waals surface area (Å²) in [6.45, 7) is 1.64. The second-order valence-corrected chi connectivity index (χ2v) is 11.7. The zero-order valence-electron chi connectivity index (χ0n) is 21.7. The molecular formula is C26H33ClN6O4S. The van der Waals surface area contributed by atoms with E-state index in [1.807, 2.05) is 7.05 Å². The minimum atomic E-state index is -1.22. The molecule has 1 fully saturated rings. The number of halogens is 1. The van der Waals surface area contributed by atoms with Crippen LogP contribution in [-0.4, -0.2) is 78.2 Å². The lowest BCUT2D eigenvalue weighted by Gasteiger charge is -2.37. The maximum atomic E-state index is 13.3. The molecule has 1 aromatic heterocycles. The Labute approximate surface area is 230 Å². The minimum absolute atomic E-state index is 0.0297. The van der Waals surface area contributed by atoms with E-state index in [2.05, 4.69) is 20.5 Å². The second kappa shape index (κ2) is 11.8. The third-order valence-corrected chi connectivity index (χ3v) is 8.48. The van der Waals surface area contributed by atoms with Gasteiger partial charge in [-0.25, -0.2) is 4.98 Å². The lowest BCUT2D eigenvalue weighted by Crippen LogP contribution is -2.57. The predicted octanol–water partition coefficient (Wildman–Crippen LogP) is 1.53. The number of nitrogens with one attached hydrogen (secondary N) is 2. The number of hydrogen-bond acceptors (Lipinski definition) is 7. The van der Waals surface area contributed by atoms with Gasteiger partial charge < -0.3 is 26.2 Å². The van der Waals surface area contributed by atoms with Gasteiger partial charge in [0.05, 0.1) is 11.7 Å². The van der Waals surface area contributed by atoms with Crippen LogP contribution in [0, 0.1) is 5.92 Å². The number of benzene rings is 1. The number of aromatic nitrogens is 1. The lowest BCUT2D eigenvalue weighted by atomic mass is 9.81. The van der Waals surface area contributed by atoms with Gasteiger partial charge in [0.15, 0.2) is 5.01 Å². The quantitative estimate of drug-likeness (QED) is 0.439. The molecule has 4 amide bonds. The molecule has 0 spiro atoms. The van der Waals surface area contributed by atoms with Crippen LogP contribution < -0.4 is 16.4 Å². The van der Waals surface area contributed by atoms with Crippen molar-refractivity contribution in [1.29, 1.82) is 0 Å². The maximum absolute atomic E-state index is 13.3. The molecule has 1 saturated carbocycles. The number of fused-ring (bicyclic) bond motifs is 1. The second-order valence-electron chi connectivity index (χ2n) is 10.2. The summed E-state index contributed by atoms with van der Waals surface area (Å²) in [5.41, 5.74) is 6.96. The summed E-state index contributed by atoms with van der Waals surface area (Å²) in [6.07, 6.45) is 2.13. The molecule has 204 valence electrons. The summed E-state index contributed by atoms with van der Waals surface area (Å²) in [7, 11) is 5.43. The SMILES string of the molecule is CN1CCc2nc(C(=O)N[C@@H]3C[C@@H](C(=O)N(C)C)CC[C@@H]3NC(=O)C(C(N)=O)c3ccc(Cl)cc3)sc2C1. The third-order valence-electron chi connectivity index (χ3n) is 7.15. The minimum Gasteiger partial charge on any atom is -0.369 e. The van der Waals surface area contributed by atoms with Gasteiger partial charge in [-0.3, -0.25) is 19.2 Å². The van der Waals surface area contributed by atoms with Crippen LogP contribution in [0.5, 0.6) is 0 Å². The van der Waals surface area contributed by atoms with E-state index in [9.17, 15) is 19.2 Å². The summed E-state index contributed by atoms with van der Waals surface area (Å²) in [6, 6.07) is 5.33. The fourth-order valence-electron chi connectivity index (χ4n) is 5.11. The van der Waals surface area contributed by atoms with Gasteiger partial charge in [0, 0.05) is 55.5 Å². The average Bonchev–Trinajstić information content (AvgIpc) is 3.29. The Hall–Kier alpha value is -3.02. The predicted molar refractivity (Wildman–Crippen MR) is 145 cm³/mol. The summed E-state index contributed by atoms with van der Waals surface area (Å²) < 4.78 is 0. The van der Waals surface area contributed by atoms with Crippen molar-refractivity contribution in [2.75, 3.05) is 27.7 Å². The normalized spacial score (nSPS) is 22.2. The molecular weight excluding hydrogens is 528 g/mol. The van der Waals surface area contributed by atoms with Gasteiger partial charge in [-0.2, -0.15) is 0 Å². The summed E-state index contributed by atoms with van der Waals surface area (Å²) in [5.74, 6) is -3.23. The molecule has 4 N–H and O–H groups in total. The number of likely N-dealkylation sites (N-methyl/N-ethyl adjacent to an activating group) is 1. The zero-order valence-corrected chi connectivity index (χ0v) is 23.3. The number of carbonyl (C=O) groups is 4. The number of carbonyl (C=O) groups excluding carboxylic acids is 4. The molecule has 0 saturated heterocycles. The average molecular weight is 561 g/mol. The Bertz CT molecular complexity index is 1220. The molecule has 10 nitrogen and oxygen atoms in total. The fraction of sp³-hybridized carbons (Fsp3) is 0.500. The maximum Gasteiger partial charge on any atom is 0.280 e. The van der Waals surface area contributed by atoms with E-state index >= 15 is 0 Å². The van der Waals surface area contributed by atoms with Crippen LogP contribution >= 0.6 is 22.9 Å². The molecule has 0 radical (unpaired) electrons. The van der Waals surface area contributed by atoms with E-state index in [4.69, 9.17) is 17.3 Å². The highest BCUT2D eigenvalue weighted by atomic mass is 35.5. The van der Waals surface area contributed by atoms with Crippen molar-refractivity contribution in [2.45, 2.75) is 50.2 Å². The van der Waals surface area contributed by atoms with Gasteiger partial charge in [0.2, 0.25) is 17.7 Å². The van der Waals surface area contributed by atoms with Gasteiger partial charge in [-0.15, -0.1) is 11.3 Å². The first-order valence-electron chi connectivity index (χ1n) is 12.6. The van der Waals surface area contributed by atoms with E-state index < -0.39 is 29.8 Å². The first-order chi connectivity index (χ1) is 18.0. The monoisotopic (exact) mass is 560 g/mol. The van der Waals surface area contributed by atoms with Gasteiger partial charge in [0.1, 0.15) is 5.92 Å². The Morgan fingerprint density at radius 3 is 2.50 bits per heavy atom. The van der Waals surface area contributed by atoms with Crippen LogP contribution in [0.25, 0.3) is 0 Å². The topological polar surface area (TPSA) is 138 Å². The molecule has 4 rings (SSSR count).